The average Bonchev–Trinajstić information content (AvgIpc) is 3.15. The van der Waals surface area contributed by atoms with Crippen LogP contribution in [0.1, 0.15) is 5.69 Å². The van der Waals surface area contributed by atoms with Gasteiger partial charge >= 0.3 is 6.18 Å². The van der Waals surface area contributed by atoms with Crippen LogP contribution < -0.4 is 5.32 Å². The molecule has 10 heteroatoms. The van der Waals surface area contributed by atoms with Crippen molar-refractivity contribution >= 4 is 5.95 Å². The molecule has 0 bridgehead atoms. The van der Waals surface area contributed by atoms with Crippen LogP contribution in [-0.2, 0) is 13.1 Å². The summed E-state index contributed by atoms with van der Waals surface area (Å²) < 4.78 is 53.7. The number of imidazole rings is 1. The van der Waals surface area contributed by atoms with Crippen molar-refractivity contribution in [2.45, 2.75) is 19.3 Å². The Bertz CT molecular complexity index is 1160. The highest BCUT2D eigenvalue weighted by molar-refractivity contribution is 5.77. The number of hydrogen-bond donors (Lipinski definition) is 1. The van der Waals surface area contributed by atoms with Crippen molar-refractivity contribution in [2.24, 2.45) is 0 Å². The smallest absolute Gasteiger partial charge is 0.349 e. The van der Waals surface area contributed by atoms with Crippen LogP contribution in [-0.4, -0.2) is 30.7 Å². The van der Waals surface area contributed by atoms with E-state index in [4.69, 9.17) is 0 Å². The summed E-state index contributed by atoms with van der Waals surface area (Å²) in [4.78, 5) is 16.8. The van der Waals surface area contributed by atoms with Gasteiger partial charge in [-0.05, 0) is 42.5 Å². The Hall–Kier alpha value is -3.82. The zero-order chi connectivity index (χ0) is 21.8. The molecule has 3 aromatic heterocycles. The van der Waals surface area contributed by atoms with Crippen LogP contribution in [0.25, 0.3) is 22.6 Å². The lowest BCUT2D eigenvalue weighted by Gasteiger charge is -2.13. The molecule has 4 rings (SSSR count). The van der Waals surface area contributed by atoms with Crippen molar-refractivity contribution in [2.75, 3.05) is 5.32 Å². The van der Waals surface area contributed by atoms with E-state index in [1.165, 1.54) is 36.5 Å². The van der Waals surface area contributed by atoms with E-state index in [2.05, 4.69) is 25.3 Å². The molecule has 1 aromatic carbocycles. The van der Waals surface area contributed by atoms with Gasteiger partial charge in [0, 0.05) is 18.0 Å². The molecular weight excluding hydrogens is 412 g/mol. The van der Waals surface area contributed by atoms with Crippen molar-refractivity contribution in [1.29, 1.82) is 0 Å². The summed E-state index contributed by atoms with van der Waals surface area (Å²) in [5, 5.41) is 3.01. The van der Waals surface area contributed by atoms with Gasteiger partial charge in [0.05, 0.1) is 35.6 Å². The number of nitrogens with zero attached hydrogens (tertiary/aromatic N) is 5. The van der Waals surface area contributed by atoms with Gasteiger partial charge < -0.3 is 9.88 Å². The van der Waals surface area contributed by atoms with Gasteiger partial charge in [0.25, 0.3) is 0 Å². The standard InChI is InChI=1S/C21H16F4N6/c22-15-6-4-14(5-7-15)18-19(31(13-29-18)12-21(23,24)25)17-8-10-27-20(30-17)28-11-16-3-1-2-9-26-16/h1-10,13H,11-12H2,(H,27,28,30). The lowest BCUT2D eigenvalue weighted by Crippen LogP contribution is -2.18. The Morgan fingerprint density at radius 1 is 0.903 bits per heavy atom. The minimum atomic E-state index is -4.46. The van der Waals surface area contributed by atoms with Crippen molar-refractivity contribution in [3.63, 3.8) is 0 Å². The third-order valence-corrected chi connectivity index (χ3v) is 4.36. The third-order valence-electron chi connectivity index (χ3n) is 4.36. The van der Waals surface area contributed by atoms with E-state index in [9.17, 15) is 17.6 Å². The quantitative estimate of drug-likeness (QED) is 0.451. The summed E-state index contributed by atoms with van der Waals surface area (Å²) in [6, 6.07) is 12.3. The molecule has 0 aliphatic rings. The van der Waals surface area contributed by atoms with Crippen LogP contribution in [0.4, 0.5) is 23.5 Å². The highest BCUT2D eigenvalue weighted by atomic mass is 19.4. The lowest BCUT2D eigenvalue weighted by molar-refractivity contribution is -0.140. The Morgan fingerprint density at radius 2 is 1.71 bits per heavy atom. The van der Waals surface area contributed by atoms with E-state index in [0.29, 0.717) is 12.1 Å². The largest absolute Gasteiger partial charge is 0.406 e. The molecule has 158 valence electrons. The molecule has 0 saturated heterocycles. The first-order chi connectivity index (χ1) is 14.9. The number of nitrogens with one attached hydrogen (secondary N) is 1. The second-order valence-corrected chi connectivity index (χ2v) is 6.63. The van der Waals surface area contributed by atoms with E-state index in [1.807, 2.05) is 12.1 Å². The Morgan fingerprint density at radius 3 is 2.42 bits per heavy atom. The van der Waals surface area contributed by atoms with E-state index in [-0.39, 0.29) is 23.0 Å². The molecule has 0 fully saturated rings. The van der Waals surface area contributed by atoms with Crippen molar-refractivity contribution in [3.05, 3.63) is 78.8 Å². The summed E-state index contributed by atoms with van der Waals surface area (Å²) in [7, 11) is 0. The zero-order valence-electron chi connectivity index (χ0n) is 16.0. The summed E-state index contributed by atoms with van der Waals surface area (Å²) in [5.74, 6) is -0.226. The fourth-order valence-electron chi connectivity index (χ4n) is 3.03. The zero-order valence-corrected chi connectivity index (χ0v) is 16.0. The SMILES string of the molecule is Fc1ccc(-c2ncn(CC(F)(F)F)c2-c2ccnc(NCc3ccccn3)n2)cc1. The van der Waals surface area contributed by atoms with E-state index < -0.39 is 18.5 Å². The van der Waals surface area contributed by atoms with E-state index in [0.717, 1.165) is 16.6 Å². The molecule has 6 nitrogen and oxygen atoms in total. The maximum absolute atomic E-state index is 13.3. The molecule has 0 atom stereocenters. The van der Waals surface area contributed by atoms with Crippen LogP contribution in [0.5, 0.6) is 0 Å². The van der Waals surface area contributed by atoms with Crippen molar-refractivity contribution < 1.29 is 17.6 Å². The predicted molar refractivity (Wildman–Crippen MR) is 106 cm³/mol. The molecule has 0 aliphatic carbocycles. The maximum Gasteiger partial charge on any atom is 0.406 e. The van der Waals surface area contributed by atoms with Crippen LogP contribution in [0.2, 0.25) is 0 Å². The monoisotopic (exact) mass is 428 g/mol. The van der Waals surface area contributed by atoms with Crippen LogP contribution in [0.15, 0.2) is 67.3 Å². The topological polar surface area (TPSA) is 68.5 Å². The second-order valence-electron chi connectivity index (χ2n) is 6.63. The molecule has 0 aliphatic heterocycles. The Labute approximate surface area is 174 Å². The number of halogens is 4. The summed E-state index contributed by atoms with van der Waals surface area (Å²) in [6.07, 6.45) is -0.255. The molecule has 0 amide bonds. The summed E-state index contributed by atoms with van der Waals surface area (Å²) in [6.45, 7) is -0.895. The van der Waals surface area contributed by atoms with Gasteiger partial charge in [-0.3, -0.25) is 4.98 Å². The predicted octanol–water partition coefficient (Wildman–Crippen LogP) is 4.72. The van der Waals surface area contributed by atoms with Gasteiger partial charge in [-0.25, -0.2) is 19.3 Å². The molecule has 3 heterocycles. The number of rotatable bonds is 6. The third kappa shape index (κ3) is 5.03. The molecular formula is C21H16F4N6. The first-order valence-corrected chi connectivity index (χ1v) is 9.24. The number of pyridine rings is 1. The highest BCUT2D eigenvalue weighted by Gasteiger charge is 2.30. The first kappa shape index (κ1) is 20.5. The second kappa shape index (κ2) is 8.50. The number of aromatic nitrogens is 5. The molecule has 0 spiro atoms. The average molecular weight is 428 g/mol. The normalized spacial score (nSPS) is 11.5. The van der Waals surface area contributed by atoms with Gasteiger partial charge in [0.15, 0.2) is 0 Å². The minimum absolute atomic E-state index is 0.159. The summed E-state index contributed by atoms with van der Waals surface area (Å²) >= 11 is 0. The number of hydrogen-bond acceptors (Lipinski definition) is 5. The molecule has 0 radical (unpaired) electrons. The number of benzene rings is 1. The van der Waals surface area contributed by atoms with Gasteiger partial charge in [0.2, 0.25) is 5.95 Å². The highest BCUT2D eigenvalue weighted by Crippen LogP contribution is 2.32. The van der Waals surface area contributed by atoms with Crippen LogP contribution in [0.3, 0.4) is 0 Å². The summed E-state index contributed by atoms with van der Waals surface area (Å²) in [5.41, 5.74) is 1.90. The molecule has 0 unspecified atom stereocenters. The van der Waals surface area contributed by atoms with Crippen molar-refractivity contribution in [3.8, 4) is 22.6 Å². The Kier molecular flexibility index (Phi) is 5.61. The molecule has 0 saturated carbocycles. The number of anilines is 1. The van der Waals surface area contributed by atoms with Gasteiger partial charge in [-0.15, -0.1) is 0 Å². The van der Waals surface area contributed by atoms with Gasteiger partial charge in [-0.1, -0.05) is 6.07 Å². The fourth-order valence-corrected chi connectivity index (χ4v) is 3.03. The first-order valence-electron chi connectivity index (χ1n) is 9.24. The fraction of sp³-hybridized carbons (Fsp3) is 0.143. The van der Waals surface area contributed by atoms with Gasteiger partial charge in [-0.2, -0.15) is 13.2 Å². The minimum Gasteiger partial charge on any atom is -0.349 e. The van der Waals surface area contributed by atoms with E-state index in [1.54, 1.807) is 12.3 Å². The Balaban J connectivity index is 1.71. The van der Waals surface area contributed by atoms with E-state index >= 15 is 0 Å². The van der Waals surface area contributed by atoms with Crippen molar-refractivity contribution in [1.82, 2.24) is 24.5 Å². The molecule has 4 aromatic rings. The molecule has 1 N–H and O–H groups in total. The van der Waals surface area contributed by atoms with Crippen LogP contribution in [0, 0.1) is 5.82 Å². The molecule has 31 heavy (non-hydrogen) atoms. The van der Waals surface area contributed by atoms with Crippen LogP contribution >= 0.6 is 0 Å². The van der Waals surface area contributed by atoms with Gasteiger partial charge in [0.1, 0.15) is 12.4 Å². The maximum atomic E-state index is 13.3. The lowest BCUT2D eigenvalue weighted by atomic mass is 10.1. The number of alkyl halides is 3.